The summed E-state index contributed by atoms with van der Waals surface area (Å²) in [5, 5.41) is 0. The van der Waals surface area contributed by atoms with E-state index in [0.29, 0.717) is 38.6 Å². The fourth-order valence-electron chi connectivity index (χ4n) is 2.75. The Morgan fingerprint density at radius 3 is 2.24 bits per heavy atom. The third kappa shape index (κ3) is 8.47. The Balaban J connectivity index is 2.78. The van der Waals surface area contributed by atoms with E-state index in [1.165, 1.54) is 5.56 Å². The van der Waals surface area contributed by atoms with Crippen molar-refractivity contribution >= 4 is 5.91 Å². The molecule has 1 unspecified atom stereocenters. The van der Waals surface area contributed by atoms with Crippen LogP contribution >= 0.6 is 0 Å². The molecule has 0 radical (unpaired) electrons. The van der Waals surface area contributed by atoms with Crippen molar-refractivity contribution in [1.82, 2.24) is 4.90 Å². The van der Waals surface area contributed by atoms with Crippen LogP contribution in [0, 0.1) is 5.92 Å². The van der Waals surface area contributed by atoms with Gasteiger partial charge in [0.05, 0.1) is 12.6 Å². The first-order valence-electron chi connectivity index (χ1n) is 9.29. The van der Waals surface area contributed by atoms with E-state index in [1.807, 2.05) is 32.0 Å². The van der Waals surface area contributed by atoms with Crippen molar-refractivity contribution in [3.05, 3.63) is 35.9 Å². The molecule has 5 nitrogen and oxygen atoms in total. The lowest BCUT2D eigenvalue weighted by molar-refractivity contribution is -0.159. The molecule has 0 saturated carbocycles. The van der Waals surface area contributed by atoms with Gasteiger partial charge in [-0.1, -0.05) is 44.2 Å². The van der Waals surface area contributed by atoms with E-state index < -0.39 is 12.3 Å². The van der Waals surface area contributed by atoms with Crippen LogP contribution in [0.3, 0.4) is 0 Å². The van der Waals surface area contributed by atoms with Gasteiger partial charge in [0.15, 0.2) is 6.29 Å². The molecule has 0 aromatic heterocycles. The molecule has 0 aliphatic rings. The van der Waals surface area contributed by atoms with Crippen LogP contribution in [0.4, 0.5) is 0 Å². The summed E-state index contributed by atoms with van der Waals surface area (Å²) in [5.74, 6) is 0.346. The third-order valence-electron chi connectivity index (χ3n) is 3.94. The Morgan fingerprint density at radius 1 is 1.12 bits per heavy atom. The smallest absolute Gasteiger partial charge is 0.239 e. The molecule has 1 aromatic rings. The number of benzene rings is 1. The average molecular weight is 351 g/mol. The molecule has 0 bridgehead atoms. The number of hydrogen-bond donors (Lipinski definition) is 1. The minimum absolute atomic E-state index is 0.0333. The number of nitrogens with two attached hydrogens (primary N) is 1. The van der Waals surface area contributed by atoms with Gasteiger partial charge in [-0.15, -0.1) is 0 Å². The molecule has 142 valence electrons. The van der Waals surface area contributed by atoms with Gasteiger partial charge in [-0.3, -0.25) is 4.79 Å². The molecule has 0 aliphatic carbocycles. The zero-order valence-electron chi connectivity index (χ0n) is 16.1. The van der Waals surface area contributed by atoms with Gasteiger partial charge in [0.2, 0.25) is 5.91 Å². The Morgan fingerprint density at radius 2 is 1.72 bits per heavy atom. The van der Waals surface area contributed by atoms with Gasteiger partial charge in [-0.2, -0.15) is 0 Å². The van der Waals surface area contributed by atoms with Gasteiger partial charge in [0.1, 0.15) is 0 Å². The number of carbonyl (C=O) groups excluding carboxylic acids is 1. The number of amides is 1. The highest BCUT2D eigenvalue weighted by atomic mass is 16.7. The van der Waals surface area contributed by atoms with E-state index >= 15 is 0 Å². The molecule has 2 N–H and O–H groups in total. The van der Waals surface area contributed by atoms with Crippen LogP contribution in [0.2, 0.25) is 0 Å². The summed E-state index contributed by atoms with van der Waals surface area (Å²) in [6, 6.07) is 9.66. The second-order valence-electron chi connectivity index (χ2n) is 6.60. The molecular weight excluding hydrogens is 316 g/mol. The molecule has 0 heterocycles. The zero-order chi connectivity index (χ0) is 18.7. The van der Waals surface area contributed by atoms with Gasteiger partial charge in [0, 0.05) is 19.8 Å². The fourth-order valence-corrected chi connectivity index (χ4v) is 2.75. The van der Waals surface area contributed by atoms with Gasteiger partial charge >= 0.3 is 0 Å². The summed E-state index contributed by atoms with van der Waals surface area (Å²) >= 11 is 0. The van der Waals surface area contributed by atoms with Crippen LogP contribution in [0.1, 0.15) is 39.7 Å². The van der Waals surface area contributed by atoms with E-state index in [2.05, 4.69) is 26.0 Å². The molecular formula is C20H34N2O3. The largest absolute Gasteiger partial charge is 0.351 e. The Kier molecular flexibility index (Phi) is 10.4. The minimum Gasteiger partial charge on any atom is -0.351 e. The van der Waals surface area contributed by atoms with Gasteiger partial charge in [0.25, 0.3) is 0 Å². The van der Waals surface area contributed by atoms with Gasteiger partial charge < -0.3 is 20.1 Å². The van der Waals surface area contributed by atoms with Crippen LogP contribution < -0.4 is 5.73 Å². The molecule has 25 heavy (non-hydrogen) atoms. The highest BCUT2D eigenvalue weighted by Crippen LogP contribution is 2.10. The maximum Gasteiger partial charge on any atom is 0.239 e. The number of carbonyl (C=O) groups is 1. The van der Waals surface area contributed by atoms with Crippen LogP contribution in [0.15, 0.2) is 30.3 Å². The summed E-state index contributed by atoms with van der Waals surface area (Å²) in [4.78, 5) is 14.6. The van der Waals surface area contributed by atoms with Crippen molar-refractivity contribution in [3.63, 3.8) is 0 Å². The highest BCUT2D eigenvalue weighted by molar-refractivity contribution is 5.81. The van der Waals surface area contributed by atoms with E-state index in [4.69, 9.17) is 15.2 Å². The summed E-state index contributed by atoms with van der Waals surface area (Å²) in [7, 11) is 0. The second-order valence-corrected chi connectivity index (χ2v) is 6.60. The molecule has 1 amide bonds. The van der Waals surface area contributed by atoms with E-state index in [1.54, 1.807) is 4.90 Å². The van der Waals surface area contributed by atoms with Crippen LogP contribution in [-0.4, -0.2) is 49.4 Å². The van der Waals surface area contributed by atoms with Crippen LogP contribution in [0.5, 0.6) is 0 Å². The highest BCUT2D eigenvalue weighted by Gasteiger charge is 2.24. The Bertz CT molecular complexity index is 473. The lowest BCUT2D eigenvalue weighted by atomic mass is 10.0. The molecule has 0 saturated heterocycles. The second kappa shape index (κ2) is 12.0. The van der Waals surface area contributed by atoms with Crippen molar-refractivity contribution in [2.45, 2.75) is 52.9 Å². The first kappa shape index (κ1) is 21.6. The molecule has 0 aliphatic heterocycles. The minimum atomic E-state index is -0.486. The topological polar surface area (TPSA) is 64.8 Å². The third-order valence-corrected chi connectivity index (χ3v) is 3.94. The SMILES string of the molecule is CCOC(CN(CCc1ccccc1)C(=O)C(N)CC(C)C)OCC. The quantitative estimate of drug-likeness (QED) is 0.589. The number of rotatable bonds is 12. The van der Waals surface area contributed by atoms with Crippen molar-refractivity contribution < 1.29 is 14.3 Å². The summed E-state index contributed by atoms with van der Waals surface area (Å²) in [5.41, 5.74) is 7.34. The maximum absolute atomic E-state index is 12.8. The molecule has 1 rings (SSSR count). The van der Waals surface area contributed by atoms with E-state index in [9.17, 15) is 4.79 Å². The number of hydrogen-bond acceptors (Lipinski definition) is 4. The van der Waals surface area contributed by atoms with Crippen LogP contribution in [0.25, 0.3) is 0 Å². The lowest BCUT2D eigenvalue weighted by Gasteiger charge is -2.30. The lowest BCUT2D eigenvalue weighted by Crippen LogP contribution is -2.48. The van der Waals surface area contributed by atoms with E-state index in [-0.39, 0.29) is 5.91 Å². The zero-order valence-corrected chi connectivity index (χ0v) is 16.1. The van der Waals surface area contributed by atoms with Crippen molar-refractivity contribution in [2.75, 3.05) is 26.3 Å². The summed E-state index contributed by atoms with van der Waals surface area (Å²) in [6.07, 6.45) is 1.04. The summed E-state index contributed by atoms with van der Waals surface area (Å²) < 4.78 is 11.2. The van der Waals surface area contributed by atoms with Crippen molar-refractivity contribution in [1.29, 1.82) is 0 Å². The van der Waals surface area contributed by atoms with Crippen molar-refractivity contribution in [3.8, 4) is 0 Å². The predicted octanol–water partition coefficient (Wildman–Crippen LogP) is 2.83. The fraction of sp³-hybridized carbons (Fsp3) is 0.650. The molecule has 5 heteroatoms. The number of ether oxygens (including phenoxy) is 2. The maximum atomic E-state index is 12.8. The van der Waals surface area contributed by atoms with Gasteiger partial charge in [-0.05, 0) is 38.2 Å². The average Bonchev–Trinajstić information content (AvgIpc) is 2.58. The van der Waals surface area contributed by atoms with Gasteiger partial charge in [-0.25, -0.2) is 0 Å². The standard InChI is InChI=1S/C20H34N2O3/c1-5-24-19(25-6-2)15-22(20(23)18(21)14-16(3)4)13-12-17-10-8-7-9-11-17/h7-11,16,18-19H,5-6,12-15,21H2,1-4H3. The van der Waals surface area contributed by atoms with Crippen LogP contribution in [-0.2, 0) is 20.7 Å². The van der Waals surface area contributed by atoms with E-state index in [0.717, 1.165) is 6.42 Å². The number of nitrogens with zero attached hydrogens (tertiary/aromatic N) is 1. The normalized spacial score (nSPS) is 12.6. The first-order chi connectivity index (χ1) is 12.0. The first-order valence-corrected chi connectivity index (χ1v) is 9.29. The monoisotopic (exact) mass is 350 g/mol. The molecule has 1 aromatic carbocycles. The summed E-state index contributed by atoms with van der Waals surface area (Å²) in [6.45, 7) is 10.1. The molecule has 0 spiro atoms. The Labute approximate surface area is 152 Å². The molecule has 0 fully saturated rings. The molecule has 1 atom stereocenters. The Hall–Kier alpha value is -1.43. The predicted molar refractivity (Wildman–Crippen MR) is 101 cm³/mol. The van der Waals surface area contributed by atoms with Crippen molar-refractivity contribution in [2.24, 2.45) is 11.7 Å².